The molecule has 2 rings (SSSR count). The number of ether oxygens (including phenoxy) is 1. The summed E-state index contributed by atoms with van der Waals surface area (Å²) in [4.78, 5) is 0. The zero-order chi connectivity index (χ0) is 14.9. The van der Waals surface area contributed by atoms with Crippen LogP contribution in [0.25, 0.3) is 0 Å². The molecule has 0 bridgehead atoms. The zero-order valence-electron chi connectivity index (χ0n) is 10.3. The highest BCUT2D eigenvalue weighted by atomic mass is 35.5. The average Bonchev–Trinajstić information content (AvgIpc) is 2.40. The van der Waals surface area contributed by atoms with Crippen LogP contribution in [0.2, 0.25) is 5.02 Å². The number of methoxy groups -OCH3 is 1. The Balaban J connectivity index is 2.47. The van der Waals surface area contributed by atoms with Gasteiger partial charge < -0.3 is 4.74 Å². The van der Waals surface area contributed by atoms with Crippen molar-refractivity contribution in [1.29, 1.82) is 0 Å². The maximum Gasteiger partial charge on any atom is 0.141 e. The molecule has 2 aromatic rings. The van der Waals surface area contributed by atoms with Gasteiger partial charge in [0.15, 0.2) is 0 Å². The van der Waals surface area contributed by atoms with Gasteiger partial charge in [-0.3, -0.25) is 0 Å². The Bertz CT molecular complexity index is 623. The van der Waals surface area contributed by atoms with Gasteiger partial charge in [-0.1, -0.05) is 17.7 Å². The van der Waals surface area contributed by atoms with Gasteiger partial charge in [0.2, 0.25) is 0 Å². The van der Waals surface area contributed by atoms with E-state index in [0.717, 1.165) is 18.2 Å². The maximum atomic E-state index is 13.9. The highest BCUT2D eigenvalue weighted by Gasteiger charge is 2.22. The van der Waals surface area contributed by atoms with Crippen molar-refractivity contribution in [2.45, 2.75) is 5.38 Å². The lowest BCUT2D eigenvalue weighted by molar-refractivity contribution is 0.405. The summed E-state index contributed by atoms with van der Waals surface area (Å²) in [5.74, 6) is -2.27. The van der Waals surface area contributed by atoms with E-state index in [1.54, 1.807) is 0 Å². The van der Waals surface area contributed by atoms with Crippen molar-refractivity contribution in [3.05, 3.63) is 63.9 Å². The summed E-state index contributed by atoms with van der Waals surface area (Å²) in [6.45, 7) is 0. The van der Waals surface area contributed by atoms with E-state index in [4.69, 9.17) is 27.9 Å². The van der Waals surface area contributed by atoms with Gasteiger partial charge in [0.1, 0.15) is 23.2 Å². The first-order valence-corrected chi connectivity index (χ1v) is 6.37. The van der Waals surface area contributed by atoms with E-state index < -0.39 is 22.8 Å². The molecule has 0 aliphatic carbocycles. The molecule has 106 valence electrons. The van der Waals surface area contributed by atoms with E-state index in [1.807, 2.05) is 0 Å². The van der Waals surface area contributed by atoms with Gasteiger partial charge in [-0.05, 0) is 17.7 Å². The number of alkyl halides is 1. The second-order valence-corrected chi connectivity index (χ2v) is 4.88. The van der Waals surface area contributed by atoms with Crippen molar-refractivity contribution in [3.8, 4) is 5.75 Å². The standard InChI is InChI=1S/C14H9Cl2F3O/c1-20-8-5-11(18)13(12(19)6-8)14(16)7-2-3-10(17)9(15)4-7/h2-6,14H,1H3. The minimum atomic E-state index is -1.13. The summed E-state index contributed by atoms with van der Waals surface area (Å²) in [7, 11) is 1.30. The van der Waals surface area contributed by atoms with Gasteiger partial charge in [0.25, 0.3) is 0 Å². The Morgan fingerprint density at radius 3 is 2.10 bits per heavy atom. The maximum absolute atomic E-state index is 13.9. The Kier molecular flexibility index (Phi) is 4.45. The summed E-state index contributed by atoms with van der Waals surface area (Å²) in [5.41, 5.74) is -0.0452. The van der Waals surface area contributed by atoms with Crippen molar-refractivity contribution >= 4 is 23.2 Å². The number of halogens is 5. The first kappa shape index (κ1) is 15.0. The van der Waals surface area contributed by atoms with Crippen molar-refractivity contribution < 1.29 is 17.9 Å². The summed E-state index contributed by atoms with van der Waals surface area (Å²) >= 11 is 11.7. The number of rotatable bonds is 3. The van der Waals surface area contributed by atoms with Crippen molar-refractivity contribution in [1.82, 2.24) is 0 Å². The van der Waals surface area contributed by atoms with Crippen LogP contribution in [0.5, 0.6) is 5.75 Å². The van der Waals surface area contributed by atoms with E-state index in [9.17, 15) is 13.2 Å². The van der Waals surface area contributed by atoms with Crippen LogP contribution in [0, 0.1) is 17.5 Å². The molecule has 1 unspecified atom stereocenters. The number of hydrogen-bond acceptors (Lipinski definition) is 1. The molecule has 0 saturated heterocycles. The van der Waals surface area contributed by atoms with E-state index in [2.05, 4.69) is 0 Å². The molecule has 0 aromatic heterocycles. The average molecular weight is 321 g/mol. The fourth-order valence-corrected chi connectivity index (χ4v) is 2.29. The van der Waals surface area contributed by atoms with Crippen molar-refractivity contribution in [3.63, 3.8) is 0 Å². The lowest BCUT2D eigenvalue weighted by Gasteiger charge is -2.14. The molecule has 1 nitrogen and oxygen atoms in total. The van der Waals surface area contributed by atoms with Gasteiger partial charge in [-0.15, -0.1) is 11.6 Å². The van der Waals surface area contributed by atoms with Crippen LogP contribution in [0.1, 0.15) is 16.5 Å². The summed E-state index contributed by atoms with van der Waals surface area (Å²) in [6.07, 6.45) is 0. The number of hydrogen-bond donors (Lipinski definition) is 0. The molecule has 0 spiro atoms. The Hall–Kier alpha value is -1.39. The normalized spacial score (nSPS) is 12.3. The van der Waals surface area contributed by atoms with Crippen LogP contribution in [0.3, 0.4) is 0 Å². The third-order valence-corrected chi connectivity index (χ3v) is 3.54. The number of benzene rings is 2. The van der Waals surface area contributed by atoms with Gasteiger partial charge in [0, 0.05) is 17.7 Å². The van der Waals surface area contributed by atoms with E-state index in [0.29, 0.717) is 5.56 Å². The van der Waals surface area contributed by atoms with Crippen LogP contribution in [0.4, 0.5) is 13.2 Å². The van der Waals surface area contributed by atoms with Crippen LogP contribution >= 0.6 is 23.2 Å². The first-order valence-electron chi connectivity index (χ1n) is 5.56. The van der Waals surface area contributed by atoms with E-state index >= 15 is 0 Å². The predicted molar refractivity (Wildman–Crippen MR) is 72.0 cm³/mol. The van der Waals surface area contributed by atoms with Gasteiger partial charge in [-0.25, -0.2) is 13.2 Å². The largest absolute Gasteiger partial charge is 0.497 e. The smallest absolute Gasteiger partial charge is 0.141 e. The topological polar surface area (TPSA) is 9.23 Å². The minimum absolute atomic E-state index is 0.0461. The molecule has 0 radical (unpaired) electrons. The summed E-state index contributed by atoms with van der Waals surface area (Å²) in [6, 6.07) is 5.70. The molecule has 0 aliphatic heterocycles. The minimum Gasteiger partial charge on any atom is -0.497 e. The van der Waals surface area contributed by atoms with Gasteiger partial charge >= 0.3 is 0 Å². The second-order valence-electron chi connectivity index (χ2n) is 4.04. The fourth-order valence-electron chi connectivity index (χ4n) is 1.76. The monoisotopic (exact) mass is 320 g/mol. The second kappa shape index (κ2) is 5.94. The SMILES string of the molecule is COc1cc(F)c(C(Cl)c2ccc(F)c(Cl)c2)c(F)c1. The molecule has 0 fully saturated rings. The fraction of sp³-hybridized carbons (Fsp3) is 0.143. The molecular formula is C14H9Cl2F3O. The molecule has 0 saturated carbocycles. The molecule has 2 aromatic carbocycles. The molecule has 20 heavy (non-hydrogen) atoms. The molecule has 6 heteroatoms. The van der Waals surface area contributed by atoms with Gasteiger partial charge in [-0.2, -0.15) is 0 Å². The van der Waals surface area contributed by atoms with Crippen LogP contribution in [-0.2, 0) is 0 Å². The third kappa shape index (κ3) is 2.86. The molecular weight excluding hydrogens is 312 g/mol. The lowest BCUT2D eigenvalue weighted by Crippen LogP contribution is -2.02. The molecule has 0 aliphatic rings. The molecule has 0 amide bonds. The van der Waals surface area contributed by atoms with Crippen LogP contribution < -0.4 is 4.74 Å². The Labute approximate surface area is 123 Å². The van der Waals surface area contributed by atoms with Gasteiger partial charge in [0.05, 0.1) is 17.5 Å². The first-order chi connectivity index (χ1) is 9.43. The quantitative estimate of drug-likeness (QED) is 0.715. The van der Waals surface area contributed by atoms with Crippen molar-refractivity contribution in [2.75, 3.05) is 7.11 Å². The van der Waals surface area contributed by atoms with Crippen molar-refractivity contribution in [2.24, 2.45) is 0 Å². The van der Waals surface area contributed by atoms with E-state index in [1.165, 1.54) is 19.2 Å². The predicted octanol–water partition coefficient (Wildman–Crippen LogP) is 5.09. The highest BCUT2D eigenvalue weighted by molar-refractivity contribution is 6.31. The molecule has 0 heterocycles. The Morgan fingerprint density at radius 2 is 1.60 bits per heavy atom. The highest BCUT2D eigenvalue weighted by Crippen LogP contribution is 2.35. The Morgan fingerprint density at radius 1 is 1.00 bits per heavy atom. The van der Waals surface area contributed by atoms with E-state index in [-0.39, 0.29) is 16.3 Å². The molecule has 1 atom stereocenters. The molecule has 0 N–H and O–H groups in total. The van der Waals surface area contributed by atoms with Crippen LogP contribution in [-0.4, -0.2) is 7.11 Å². The summed E-state index contributed by atoms with van der Waals surface area (Å²) < 4.78 is 45.6. The third-order valence-electron chi connectivity index (χ3n) is 2.78. The lowest BCUT2D eigenvalue weighted by atomic mass is 10.0. The zero-order valence-corrected chi connectivity index (χ0v) is 11.8. The summed E-state index contributed by atoms with van der Waals surface area (Å²) in [5, 5.41) is -1.29. The van der Waals surface area contributed by atoms with Crippen LogP contribution in [0.15, 0.2) is 30.3 Å².